The number of nitrogens with one attached hydrogen (secondary N) is 1. The zero-order valence-corrected chi connectivity index (χ0v) is 13.3. The molecule has 116 valence electrons. The van der Waals surface area contributed by atoms with Crippen molar-refractivity contribution in [1.29, 1.82) is 0 Å². The van der Waals surface area contributed by atoms with Gasteiger partial charge in [-0.25, -0.2) is 0 Å². The molecule has 1 saturated heterocycles. The van der Waals surface area contributed by atoms with Crippen molar-refractivity contribution in [3.63, 3.8) is 0 Å². The van der Waals surface area contributed by atoms with Crippen LogP contribution in [0.2, 0.25) is 0 Å². The quantitative estimate of drug-likeness (QED) is 0.788. The van der Waals surface area contributed by atoms with Crippen molar-refractivity contribution >= 4 is 5.97 Å². The Bertz CT molecular complexity index is 355. The summed E-state index contributed by atoms with van der Waals surface area (Å²) < 4.78 is 0. The molecular weight excluding hydrogens is 254 g/mol. The number of rotatable bonds is 5. The average Bonchev–Trinajstić information content (AvgIpc) is 3.12. The first-order valence-electron chi connectivity index (χ1n) is 7.69. The molecule has 1 atom stereocenters. The number of hydrogen-bond donors (Lipinski definition) is 2. The number of carbonyl (C=O) groups is 1. The minimum Gasteiger partial charge on any atom is -0.480 e. The first-order valence-corrected chi connectivity index (χ1v) is 7.69. The van der Waals surface area contributed by atoms with Gasteiger partial charge in [0.05, 0.1) is 0 Å². The van der Waals surface area contributed by atoms with Crippen molar-refractivity contribution in [2.75, 3.05) is 32.7 Å². The van der Waals surface area contributed by atoms with Crippen molar-refractivity contribution in [1.82, 2.24) is 15.1 Å². The van der Waals surface area contributed by atoms with Crippen LogP contribution in [-0.4, -0.2) is 70.7 Å². The highest BCUT2D eigenvalue weighted by molar-refractivity contribution is 5.78. The molecule has 2 N–H and O–H groups in total. The molecule has 1 aliphatic carbocycles. The van der Waals surface area contributed by atoms with Gasteiger partial charge in [-0.15, -0.1) is 0 Å². The largest absolute Gasteiger partial charge is 0.480 e. The summed E-state index contributed by atoms with van der Waals surface area (Å²) in [5, 5.41) is 12.8. The molecule has 1 saturated carbocycles. The summed E-state index contributed by atoms with van der Waals surface area (Å²) in [6.45, 7) is 13.1. The molecular formula is C15H29N3O2. The third-order valence-corrected chi connectivity index (χ3v) is 4.43. The zero-order valence-electron chi connectivity index (χ0n) is 13.3. The van der Waals surface area contributed by atoms with Crippen LogP contribution in [0, 0.1) is 0 Å². The molecule has 2 rings (SSSR count). The molecule has 0 aromatic heterocycles. The summed E-state index contributed by atoms with van der Waals surface area (Å²) in [5.41, 5.74) is -0.612. The predicted octanol–water partition coefficient (Wildman–Crippen LogP) is 0.998. The minimum absolute atomic E-state index is 0.203. The van der Waals surface area contributed by atoms with Crippen LogP contribution in [0.4, 0.5) is 0 Å². The summed E-state index contributed by atoms with van der Waals surface area (Å²) in [6, 6.07) is 0.409. The van der Waals surface area contributed by atoms with Crippen LogP contribution in [-0.2, 0) is 4.79 Å². The van der Waals surface area contributed by atoms with Crippen molar-refractivity contribution in [2.45, 2.75) is 57.7 Å². The Morgan fingerprint density at radius 3 is 2.10 bits per heavy atom. The van der Waals surface area contributed by atoms with Crippen molar-refractivity contribution in [3.8, 4) is 0 Å². The van der Waals surface area contributed by atoms with Crippen LogP contribution in [0.3, 0.4) is 0 Å². The summed E-state index contributed by atoms with van der Waals surface area (Å²) >= 11 is 0. The molecule has 0 amide bonds. The lowest BCUT2D eigenvalue weighted by Crippen LogP contribution is -2.61. The van der Waals surface area contributed by atoms with Gasteiger partial charge in [-0.1, -0.05) is 0 Å². The summed E-state index contributed by atoms with van der Waals surface area (Å²) in [5.74, 6) is -0.734. The van der Waals surface area contributed by atoms with Crippen molar-refractivity contribution in [3.05, 3.63) is 0 Å². The molecule has 5 heteroatoms. The van der Waals surface area contributed by atoms with E-state index in [9.17, 15) is 9.90 Å². The molecule has 0 spiro atoms. The molecule has 2 aliphatic rings. The smallest absolute Gasteiger partial charge is 0.324 e. The van der Waals surface area contributed by atoms with E-state index in [1.165, 1.54) is 0 Å². The Morgan fingerprint density at radius 1 is 1.15 bits per heavy atom. The zero-order chi connectivity index (χ0) is 15.0. The highest BCUT2D eigenvalue weighted by atomic mass is 16.4. The molecule has 1 heterocycles. The van der Waals surface area contributed by atoms with E-state index in [0.29, 0.717) is 12.6 Å². The van der Waals surface area contributed by atoms with Gasteiger partial charge in [0.25, 0.3) is 0 Å². The van der Waals surface area contributed by atoms with Gasteiger partial charge < -0.3 is 5.11 Å². The second-order valence-corrected chi connectivity index (χ2v) is 7.49. The van der Waals surface area contributed by atoms with Crippen LogP contribution in [0.15, 0.2) is 0 Å². The molecule has 1 aliphatic heterocycles. The standard InChI is InChI=1S/C15H29N3O2/c1-14(2,3)18-9-7-17(8-10-18)11-15(4,13(19)20)16-12-5-6-12/h12,16H,5-11H2,1-4H3,(H,19,20). The number of nitrogens with zero attached hydrogens (tertiary/aromatic N) is 2. The molecule has 0 aromatic carbocycles. The van der Waals surface area contributed by atoms with E-state index >= 15 is 0 Å². The minimum atomic E-state index is -0.814. The maximum Gasteiger partial charge on any atom is 0.324 e. The van der Waals surface area contributed by atoms with E-state index in [-0.39, 0.29) is 5.54 Å². The predicted molar refractivity (Wildman–Crippen MR) is 80.0 cm³/mol. The van der Waals surface area contributed by atoms with Crippen LogP contribution >= 0.6 is 0 Å². The number of carboxylic acids is 1. The van der Waals surface area contributed by atoms with E-state index in [1.54, 1.807) is 0 Å². The van der Waals surface area contributed by atoms with E-state index < -0.39 is 11.5 Å². The molecule has 1 unspecified atom stereocenters. The average molecular weight is 283 g/mol. The maximum absolute atomic E-state index is 11.6. The van der Waals surface area contributed by atoms with Crippen LogP contribution in [0.25, 0.3) is 0 Å². The van der Waals surface area contributed by atoms with E-state index in [1.807, 2.05) is 6.92 Å². The van der Waals surface area contributed by atoms with Gasteiger partial charge in [-0.2, -0.15) is 0 Å². The van der Waals surface area contributed by atoms with E-state index in [0.717, 1.165) is 39.0 Å². The second-order valence-electron chi connectivity index (χ2n) is 7.49. The normalized spacial score (nSPS) is 25.4. The Balaban J connectivity index is 1.88. The second kappa shape index (κ2) is 5.62. The first-order chi connectivity index (χ1) is 9.21. The fourth-order valence-electron chi connectivity index (χ4n) is 2.88. The SMILES string of the molecule is CC(CN1CCN(C(C)(C)C)CC1)(NC1CC1)C(=O)O. The molecule has 0 radical (unpaired) electrons. The maximum atomic E-state index is 11.6. The lowest BCUT2D eigenvalue weighted by Gasteiger charge is -2.44. The number of piperazine rings is 1. The fourth-order valence-corrected chi connectivity index (χ4v) is 2.88. The Labute approximate surface area is 122 Å². The van der Waals surface area contributed by atoms with Crippen molar-refractivity contribution in [2.24, 2.45) is 0 Å². The fraction of sp³-hybridized carbons (Fsp3) is 0.933. The third kappa shape index (κ3) is 3.93. The highest BCUT2D eigenvalue weighted by Crippen LogP contribution is 2.24. The molecule has 20 heavy (non-hydrogen) atoms. The van der Waals surface area contributed by atoms with E-state index in [2.05, 4.69) is 35.9 Å². The van der Waals surface area contributed by atoms with E-state index in [4.69, 9.17) is 0 Å². The Hall–Kier alpha value is -0.650. The number of hydrogen-bond acceptors (Lipinski definition) is 4. The van der Waals surface area contributed by atoms with Crippen LogP contribution in [0.5, 0.6) is 0 Å². The summed E-state index contributed by atoms with van der Waals surface area (Å²) in [6.07, 6.45) is 2.22. The Kier molecular flexibility index (Phi) is 4.42. The van der Waals surface area contributed by atoms with Gasteiger partial charge >= 0.3 is 5.97 Å². The molecule has 0 bridgehead atoms. The van der Waals surface area contributed by atoms with Gasteiger partial charge in [0.15, 0.2) is 0 Å². The monoisotopic (exact) mass is 283 g/mol. The van der Waals surface area contributed by atoms with Gasteiger partial charge in [0.1, 0.15) is 5.54 Å². The topological polar surface area (TPSA) is 55.8 Å². The number of aliphatic carboxylic acids is 1. The lowest BCUT2D eigenvalue weighted by atomic mass is 10.00. The summed E-state index contributed by atoms with van der Waals surface area (Å²) in [7, 11) is 0. The molecule has 2 fully saturated rings. The lowest BCUT2D eigenvalue weighted by molar-refractivity contribution is -0.145. The highest BCUT2D eigenvalue weighted by Gasteiger charge is 2.40. The third-order valence-electron chi connectivity index (χ3n) is 4.43. The van der Waals surface area contributed by atoms with Gasteiger partial charge in [0, 0.05) is 44.3 Å². The van der Waals surface area contributed by atoms with Crippen LogP contribution < -0.4 is 5.32 Å². The van der Waals surface area contributed by atoms with Gasteiger partial charge in [-0.3, -0.25) is 19.9 Å². The number of carboxylic acid groups (broad SMARTS) is 1. The van der Waals surface area contributed by atoms with Gasteiger partial charge in [0.2, 0.25) is 0 Å². The van der Waals surface area contributed by atoms with Crippen molar-refractivity contribution < 1.29 is 9.90 Å². The first kappa shape index (κ1) is 15.7. The Morgan fingerprint density at radius 2 is 1.70 bits per heavy atom. The van der Waals surface area contributed by atoms with Crippen LogP contribution in [0.1, 0.15) is 40.5 Å². The summed E-state index contributed by atoms with van der Waals surface area (Å²) in [4.78, 5) is 16.3. The van der Waals surface area contributed by atoms with Gasteiger partial charge in [-0.05, 0) is 40.5 Å². The molecule has 5 nitrogen and oxygen atoms in total. The molecule has 0 aromatic rings.